The van der Waals surface area contributed by atoms with Gasteiger partial charge in [-0.3, -0.25) is 0 Å². The van der Waals surface area contributed by atoms with Crippen LogP contribution in [0.4, 0.5) is 0 Å². The fraction of sp³-hybridized carbons (Fsp3) is 0.545. The Morgan fingerprint density at radius 2 is 2.14 bits per heavy atom. The van der Waals surface area contributed by atoms with E-state index in [-0.39, 0.29) is 6.10 Å². The van der Waals surface area contributed by atoms with Crippen LogP contribution in [0.3, 0.4) is 0 Å². The molecule has 1 fully saturated rings. The van der Waals surface area contributed by atoms with Gasteiger partial charge in [-0.2, -0.15) is 0 Å². The molecule has 1 aromatic rings. The fourth-order valence-electron chi connectivity index (χ4n) is 1.79. The zero-order valence-corrected chi connectivity index (χ0v) is 8.91. The van der Waals surface area contributed by atoms with Crippen LogP contribution >= 0.6 is 11.8 Å². The SMILES string of the molecule is O[C@H]1CCCC[C@@H]1Sc1ccccn1. The van der Waals surface area contributed by atoms with Crippen LogP contribution in [0.5, 0.6) is 0 Å². The number of rotatable bonds is 2. The van der Waals surface area contributed by atoms with Crippen molar-refractivity contribution in [2.75, 3.05) is 0 Å². The Morgan fingerprint density at radius 1 is 1.29 bits per heavy atom. The third-order valence-electron chi connectivity index (χ3n) is 2.58. The second-order valence-electron chi connectivity index (χ2n) is 3.68. The first kappa shape index (κ1) is 9.99. The maximum Gasteiger partial charge on any atom is 0.0963 e. The van der Waals surface area contributed by atoms with E-state index in [4.69, 9.17) is 0 Å². The average molecular weight is 209 g/mol. The van der Waals surface area contributed by atoms with E-state index in [1.807, 2.05) is 18.2 Å². The van der Waals surface area contributed by atoms with Crippen molar-refractivity contribution in [3.05, 3.63) is 24.4 Å². The highest BCUT2D eigenvalue weighted by Gasteiger charge is 2.23. The van der Waals surface area contributed by atoms with Gasteiger partial charge in [-0.25, -0.2) is 4.98 Å². The highest BCUT2D eigenvalue weighted by atomic mass is 32.2. The van der Waals surface area contributed by atoms with Crippen LogP contribution in [0, 0.1) is 0 Å². The highest BCUT2D eigenvalue weighted by Crippen LogP contribution is 2.32. The molecule has 0 unspecified atom stereocenters. The normalized spacial score (nSPS) is 27.5. The second-order valence-corrected chi connectivity index (χ2v) is 4.94. The first-order chi connectivity index (χ1) is 6.86. The lowest BCUT2D eigenvalue weighted by Gasteiger charge is -2.26. The molecule has 2 rings (SSSR count). The van der Waals surface area contributed by atoms with Crippen molar-refractivity contribution in [1.82, 2.24) is 4.98 Å². The summed E-state index contributed by atoms with van der Waals surface area (Å²) < 4.78 is 0. The molecule has 1 N–H and O–H groups in total. The monoisotopic (exact) mass is 209 g/mol. The van der Waals surface area contributed by atoms with E-state index in [1.165, 1.54) is 12.8 Å². The first-order valence-electron chi connectivity index (χ1n) is 5.12. The molecule has 0 aromatic carbocycles. The maximum atomic E-state index is 9.78. The van der Waals surface area contributed by atoms with Crippen molar-refractivity contribution in [3.8, 4) is 0 Å². The molecule has 76 valence electrons. The van der Waals surface area contributed by atoms with Gasteiger partial charge in [-0.15, -0.1) is 11.8 Å². The molecule has 0 saturated heterocycles. The van der Waals surface area contributed by atoms with Crippen molar-refractivity contribution < 1.29 is 5.11 Å². The molecule has 0 radical (unpaired) electrons. The summed E-state index contributed by atoms with van der Waals surface area (Å²) >= 11 is 1.71. The van der Waals surface area contributed by atoms with Crippen LogP contribution in [0.25, 0.3) is 0 Å². The van der Waals surface area contributed by atoms with Gasteiger partial charge < -0.3 is 5.11 Å². The van der Waals surface area contributed by atoms with E-state index in [2.05, 4.69) is 4.98 Å². The van der Waals surface area contributed by atoms with Gasteiger partial charge in [0.25, 0.3) is 0 Å². The van der Waals surface area contributed by atoms with Crippen molar-refractivity contribution >= 4 is 11.8 Å². The van der Waals surface area contributed by atoms with Crippen molar-refractivity contribution in [2.45, 2.75) is 42.1 Å². The Kier molecular flexibility index (Phi) is 3.43. The van der Waals surface area contributed by atoms with Crippen molar-refractivity contribution in [1.29, 1.82) is 0 Å². The molecule has 2 nitrogen and oxygen atoms in total. The number of aliphatic hydroxyl groups is 1. The molecule has 1 saturated carbocycles. The van der Waals surface area contributed by atoms with Gasteiger partial charge in [-0.1, -0.05) is 18.9 Å². The van der Waals surface area contributed by atoms with Crippen molar-refractivity contribution in [2.24, 2.45) is 0 Å². The Morgan fingerprint density at radius 3 is 2.86 bits per heavy atom. The van der Waals surface area contributed by atoms with Gasteiger partial charge in [0, 0.05) is 11.4 Å². The molecular weight excluding hydrogens is 194 g/mol. The minimum atomic E-state index is -0.143. The third kappa shape index (κ3) is 2.49. The van der Waals surface area contributed by atoms with E-state index in [9.17, 15) is 5.11 Å². The van der Waals surface area contributed by atoms with E-state index in [0.29, 0.717) is 5.25 Å². The summed E-state index contributed by atoms with van der Waals surface area (Å²) in [6, 6.07) is 5.91. The standard InChI is InChI=1S/C11H15NOS/c13-9-5-1-2-6-10(9)14-11-7-3-4-8-12-11/h3-4,7-10,13H,1-2,5-6H2/t9-,10-/m0/s1. The Hall–Kier alpha value is -0.540. The molecule has 14 heavy (non-hydrogen) atoms. The smallest absolute Gasteiger partial charge is 0.0963 e. The van der Waals surface area contributed by atoms with E-state index in [1.54, 1.807) is 18.0 Å². The summed E-state index contributed by atoms with van der Waals surface area (Å²) in [6.07, 6.45) is 6.13. The number of aromatic nitrogens is 1. The number of aliphatic hydroxyl groups excluding tert-OH is 1. The summed E-state index contributed by atoms with van der Waals surface area (Å²) in [6.45, 7) is 0. The Labute approximate surface area is 88.8 Å². The summed E-state index contributed by atoms with van der Waals surface area (Å²) in [7, 11) is 0. The highest BCUT2D eigenvalue weighted by molar-refractivity contribution is 7.99. The van der Waals surface area contributed by atoms with Gasteiger partial charge in [0.1, 0.15) is 0 Å². The first-order valence-corrected chi connectivity index (χ1v) is 6.00. The van der Waals surface area contributed by atoms with Crippen LogP contribution in [0.1, 0.15) is 25.7 Å². The molecule has 0 bridgehead atoms. The van der Waals surface area contributed by atoms with Crippen molar-refractivity contribution in [3.63, 3.8) is 0 Å². The van der Waals surface area contributed by atoms with Crippen LogP contribution in [0.2, 0.25) is 0 Å². The van der Waals surface area contributed by atoms with E-state index in [0.717, 1.165) is 17.9 Å². The number of thioether (sulfide) groups is 1. The van der Waals surface area contributed by atoms with Gasteiger partial charge >= 0.3 is 0 Å². The van der Waals surface area contributed by atoms with Gasteiger partial charge in [0.05, 0.1) is 11.1 Å². The van der Waals surface area contributed by atoms with Gasteiger partial charge in [0.15, 0.2) is 0 Å². The second kappa shape index (κ2) is 4.80. The minimum absolute atomic E-state index is 0.143. The lowest BCUT2D eigenvalue weighted by atomic mass is 9.97. The molecule has 0 spiro atoms. The topological polar surface area (TPSA) is 33.1 Å². The lowest BCUT2D eigenvalue weighted by Crippen LogP contribution is -2.26. The van der Waals surface area contributed by atoms with Crippen LogP contribution in [0.15, 0.2) is 29.4 Å². The molecule has 2 atom stereocenters. The average Bonchev–Trinajstić information content (AvgIpc) is 2.23. The number of pyridine rings is 1. The number of nitrogens with zero attached hydrogens (tertiary/aromatic N) is 1. The van der Waals surface area contributed by atoms with Crippen LogP contribution in [-0.4, -0.2) is 21.4 Å². The van der Waals surface area contributed by atoms with Gasteiger partial charge in [0.2, 0.25) is 0 Å². The largest absolute Gasteiger partial charge is 0.392 e. The maximum absolute atomic E-state index is 9.78. The lowest BCUT2D eigenvalue weighted by molar-refractivity contribution is 0.137. The molecule has 1 aromatic heterocycles. The molecule has 0 amide bonds. The Balaban J connectivity index is 1.96. The Bertz CT molecular complexity index is 278. The van der Waals surface area contributed by atoms with E-state index < -0.39 is 0 Å². The number of hydrogen-bond acceptors (Lipinski definition) is 3. The molecule has 1 heterocycles. The summed E-state index contributed by atoms with van der Waals surface area (Å²) in [5, 5.41) is 11.2. The van der Waals surface area contributed by atoms with Gasteiger partial charge in [-0.05, 0) is 25.0 Å². The number of hydrogen-bond donors (Lipinski definition) is 1. The van der Waals surface area contributed by atoms with Crippen LogP contribution < -0.4 is 0 Å². The minimum Gasteiger partial charge on any atom is -0.392 e. The molecule has 3 heteroatoms. The van der Waals surface area contributed by atoms with Crippen LogP contribution in [-0.2, 0) is 0 Å². The molecule has 1 aliphatic carbocycles. The predicted molar refractivity (Wildman–Crippen MR) is 58.4 cm³/mol. The third-order valence-corrected chi connectivity index (χ3v) is 3.91. The summed E-state index contributed by atoms with van der Waals surface area (Å²) in [4.78, 5) is 4.26. The predicted octanol–water partition coefficient (Wildman–Crippen LogP) is 2.48. The molecule has 1 aliphatic rings. The zero-order valence-electron chi connectivity index (χ0n) is 8.10. The molecule has 0 aliphatic heterocycles. The summed E-state index contributed by atoms with van der Waals surface area (Å²) in [5.41, 5.74) is 0. The summed E-state index contributed by atoms with van der Waals surface area (Å²) in [5.74, 6) is 0. The quantitative estimate of drug-likeness (QED) is 0.812. The molecular formula is C11H15NOS. The fourth-order valence-corrected chi connectivity index (χ4v) is 2.95. The van der Waals surface area contributed by atoms with E-state index >= 15 is 0 Å². The zero-order chi connectivity index (χ0) is 9.80.